The molecule has 1 aromatic carbocycles. The molecule has 1 saturated heterocycles. The second kappa shape index (κ2) is 9.52. The Morgan fingerprint density at radius 1 is 1.14 bits per heavy atom. The summed E-state index contributed by atoms with van der Waals surface area (Å²) in [6.07, 6.45) is 2.45. The zero-order valence-electron chi connectivity index (χ0n) is 16.0. The second-order valence-electron chi connectivity index (χ2n) is 6.37. The van der Waals surface area contributed by atoms with Gasteiger partial charge in [0.05, 0.1) is 14.2 Å². The summed E-state index contributed by atoms with van der Waals surface area (Å²) in [5.41, 5.74) is 0.707. The molecule has 0 radical (unpaired) electrons. The van der Waals surface area contributed by atoms with Crippen LogP contribution in [0.3, 0.4) is 0 Å². The quantitative estimate of drug-likeness (QED) is 0.701. The second-order valence-corrected chi connectivity index (χ2v) is 7.22. The van der Waals surface area contributed by atoms with Crippen LogP contribution in [-0.4, -0.2) is 62.1 Å². The molecule has 0 atom stereocenters. The Morgan fingerprint density at radius 3 is 2.61 bits per heavy atom. The summed E-state index contributed by atoms with van der Waals surface area (Å²) in [5.74, 6) is 0.437. The van der Waals surface area contributed by atoms with Crippen LogP contribution in [0, 0.1) is 0 Å². The molecule has 2 amide bonds. The summed E-state index contributed by atoms with van der Waals surface area (Å²) in [7, 11) is 3.04. The van der Waals surface area contributed by atoms with Crippen LogP contribution in [0.15, 0.2) is 23.6 Å². The number of anilines is 1. The van der Waals surface area contributed by atoms with Crippen LogP contribution in [0.1, 0.15) is 33.7 Å². The number of hydrogen-bond donors (Lipinski definition) is 2. The van der Waals surface area contributed by atoms with Crippen LogP contribution in [0.5, 0.6) is 11.5 Å². The van der Waals surface area contributed by atoms with E-state index >= 15 is 0 Å². The summed E-state index contributed by atoms with van der Waals surface area (Å²) in [4.78, 5) is 31.2. The zero-order valence-corrected chi connectivity index (χ0v) is 16.8. The minimum Gasteiger partial charge on any atom is -0.493 e. The largest absolute Gasteiger partial charge is 0.493 e. The SMILES string of the molecule is COc1ccc(C(=O)Nc2nc(C(=O)NCCN3CCCC3)cs2)cc1OC. The molecule has 0 bridgehead atoms. The molecule has 0 spiro atoms. The van der Waals surface area contributed by atoms with Gasteiger partial charge in [-0.1, -0.05) is 0 Å². The van der Waals surface area contributed by atoms with E-state index in [4.69, 9.17) is 9.47 Å². The predicted molar refractivity (Wildman–Crippen MR) is 108 cm³/mol. The molecule has 28 heavy (non-hydrogen) atoms. The lowest BCUT2D eigenvalue weighted by molar-refractivity contribution is 0.0944. The number of rotatable bonds is 8. The first-order valence-corrected chi connectivity index (χ1v) is 9.98. The molecule has 3 rings (SSSR count). The molecule has 2 aromatic rings. The monoisotopic (exact) mass is 404 g/mol. The standard InChI is InChI=1S/C19H24N4O4S/c1-26-15-6-5-13(11-16(15)27-2)17(24)22-19-21-14(12-28-19)18(25)20-7-10-23-8-3-4-9-23/h5-6,11-12H,3-4,7-10H2,1-2H3,(H,20,25)(H,21,22,24). The topological polar surface area (TPSA) is 92.8 Å². The summed E-state index contributed by atoms with van der Waals surface area (Å²) in [6, 6.07) is 4.89. The fourth-order valence-corrected chi connectivity index (χ4v) is 3.69. The maximum Gasteiger partial charge on any atom is 0.270 e. The van der Waals surface area contributed by atoms with Crippen LogP contribution < -0.4 is 20.1 Å². The van der Waals surface area contributed by atoms with Gasteiger partial charge in [-0.2, -0.15) is 0 Å². The van der Waals surface area contributed by atoms with Crippen molar-refractivity contribution in [2.24, 2.45) is 0 Å². The van der Waals surface area contributed by atoms with Gasteiger partial charge in [-0.25, -0.2) is 4.98 Å². The van der Waals surface area contributed by atoms with Gasteiger partial charge in [-0.15, -0.1) is 11.3 Å². The van der Waals surface area contributed by atoms with Crippen molar-refractivity contribution in [2.75, 3.05) is 45.7 Å². The highest BCUT2D eigenvalue weighted by atomic mass is 32.1. The Bertz CT molecular complexity index is 833. The number of carbonyl (C=O) groups is 2. The van der Waals surface area contributed by atoms with Gasteiger partial charge < -0.3 is 19.7 Å². The lowest BCUT2D eigenvalue weighted by atomic mass is 10.2. The fraction of sp³-hybridized carbons (Fsp3) is 0.421. The molecular weight excluding hydrogens is 380 g/mol. The highest BCUT2D eigenvalue weighted by molar-refractivity contribution is 7.14. The number of nitrogens with one attached hydrogen (secondary N) is 2. The van der Waals surface area contributed by atoms with Gasteiger partial charge in [-0.05, 0) is 44.1 Å². The van der Waals surface area contributed by atoms with Gasteiger partial charge in [-0.3, -0.25) is 14.9 Å². The van der Waals surface area contributed by atoms with E-state index in [1.807, 2.05) is 0 Å². The molecule has 0 unspecified atom stereocenters. The molecule has 1 fully saturated rings. The minimum atomic E-state index is -0.337. The lowest BCUT2D eigenvalue weighted by Crippen LogP contribution is -2.33. The normalized spacial score (nSPS) is 13.9. The van der Waals surface area contributed by atoms with Crippen molar-refractivity contribution in [2.45, 2.75) is 12.8 Å². The number of ether oxygens (including phenoxy) is 2. The number of likely N-dealkylation sites (tertiary alicyclic amines) is 1. The van der Waals surface area contributed by atoms with Crippen molar-refractivity contribution >= 4 is 28.3 Å². The van der Waals surface area contributed by atoms with E-state index in [-0.39, 0.29) is 11.8 Å². The molecule has 1 aliphatic rings. The first-order chi connectivity index (χ1) is 13.6. The Labute approximate surface area is 167 Å². The number of nitrogens with zero attached hydrogens (tertiary/aromatic N) is 2. The highest BCUT2D eigenvalue weighted by Crippen LogP contribution is 2.28. The van der Waals surface area contributed by atoms with Gasteiger partial charge in [0.15, 0.2) is 16.6 Å². The molecule has 150 valence electrons. The molecule has 2 heterocycles. The average Bonchev–Trinajstić information content (AvgIpc) is 3.39. The third-order valence-electron chi connectivity index (χ3n) is 4.52. The van der Waals surface area contributed by atoms with Gasteiger partial charge >= 0.3 is 0 Å². The van der Waals surface area contributed by atoms with Crippen molar-refractivity contribution in [1.82, 2.24) is 15.2 Å². The van der Waals surface area contributed by atoms with E-state index in [1.54, 1.807) is 23.6 Å². The Kier molecular flexibility index (Phi) is 6.83. The Balaban J connectivity index is 1.54. The lowest BCUT2D eigenvalue weighted by Gasteiger charge is -2.14. The van der Waals surface area contributed by atoms with Crippen LogP contribution in [0.25, 0.3) is 0 Å². The Hall–Kier alpha value is -2.65. The smallest absolute Gasteiger partial charge is 0.270 e. The van der Waals surface area contributed by atoms with E-state index in [0.717, 1.165) is 19.6 Å². The fourth-order valence-electron chi connectivity index (χ4n) is 3.01. The van der Waals surface area contributed by atoms with E-state index in [0.29, 0.717) is 34.4 Å². The molecule has 2 N–H and O–H groups in total. The van der Waals surface area contributed by atoms with Gasteiger partial charge in [0, 0.05) is 24.0 Å². The molecular formula is C19H24N4O4S. The van der Waals surface area contributed by atoms with Crippen molar-refractivity contribution in [3.05, 3.63) is 34.8 Å². The van der Waals surface area contributed by atoms with Crippen molar-refractivity contribution < 1.29 is 19.1 Å². The molecule has 0 aliphatic carbocycles. The average molecular weight is 404 g/mol. The summed E-state index contributed by atoms with van der Waals surface area (Å²) >= 11 is 1.21. The number of hydrogen-bond acceptors (Lipinski definition) is 7. The number of methoxy groups -OCH3 is 2. The first-order valence-electron chi connectivity index (χ1n) is 9.10. The van der Waals surface area contributed by atoms with E-state index < -0.39 is 0 Å². The van der Waals surface area contributed by atoms with E-state index in [9.17, 15) is 9.59 Å². The number of amides is 2. The predicted octanol–water partition coefficient (Wildman–Crippen LogP) is 2.24. The molecule has 8 nitrogen and oxygen atoms in total. The highest BCUT2D eigenvalue weighted by Gasteiger charge is 2.16. The van der Waals surface area contributed by atoms with Crippen molar-refractivity contribution in [3.8, 4) is 11.5 Å². The maximum atomic E-state index is 12.4. The maximum absolute atomic E-state index is 12.4. The number of carbonyl (C=O) groups excluding carboxylic acids is 2. The van der Waals surface area contributed by atoms with Gasteiger partial charge in [0.1, 0.15) is 5.69 Å². The van der Waals surface area contributed by atoms with E-state index in [2.05, 4.69) is 20.5 Å². The molecule has 0 saturated carbocycles. The number of benzene rings is 1. The minimum absolute atomic E-state index is 0.234. The van der Waals surface area contributed by atoms with Crippen LogP contribution in [0.4, 0.5) is 5.13 Å². The number of thiazole rings is 1. The third kappa shape index (κ3) is 4.99. The molecule has 1 aromatic heterocycles. The van der Waals surface area contributed by atoms with Gasteiger partial charge in [0.25, 0.3) is 11.8 Å². The number of aromatic nitrogens is 1. The van der Waals surface area contributed by atoms with Crippen LogP contribution >= 0.6 is 11.3 Å². The first kappa shape index (κ1) is 20.1. The third-order valence-corrected chi connectivity index (χ3v) is 5.27. The zero-order chi connectivity index (χ0) is 19.9. The van der Waals surface area contributed by atoms with Crippen LogP contribution in [0.2, 0.25) is 0 Å². The van der Waals surface area contributed by atoms with Crippen LogP contribution in [-0.2, 0) is 0 Å². The Morgan fingerprint density at radius 2 is 1.89 bits per heavy atom. The van der Waals surface area contributed by atoms with Crippen molar-refractivity contribution in [3.63, 3.8) is 0 Å². The molecule has 1 aliphatic heterocycles. The summed E-state index contributed by atoms with van der Waals surface area (Å²) in [5, 5.41) is 7.58. The summed E-state index contributed by atoms with van der Waals surface area (Å²) < 4.78 is 10.4. The van der Waals surface area contributed by atoms with Gasteiger partial charge in [0.2, 0.25) is 0 Å². The summed E-state index contributed by atoms with van der Waals surface area (Å²) in [6.45, 7) is 3.63. The van der Waals surface area contributed by atoms with Crippen molar-refractivity contribution in [1.29, 1.82) is 0 Å². The van der Waals surface area contributed by atoms with E-state index in [1.165, 1.54) is 38.4 Å². The molecule has 9 heteroatoms.